The second kappa shape index (κ2) is 6.83. The van der Waals surface area contributed by atoms with E-state index < -0.39 is 0 Å². The van der Waals surface area contributed by atoms with E-state index in [-0.39, 0.29) is 11.9 Å². The first-order chi connectivity index (χ1) is 13.0. The number of nitrogens with one attached hydrogen (secondary N) is 1. The lowest BCUT2D eigenvalue weighted by molar-refractivity contribution is 0.0981. The van der Waals surface area contributed by atoms with Crippen molar-refractivity contribution in [3.05, 3.63) is 77.1 Å². The maximum Gasteiger partial charge on any atom is 0.261 e. The highest BCUT2D eigenvalue weighted by Gasteiger charge is 2.31. The van der Waals surface area contributed by atoms with E-state index in [0.717, 1.165) is 28.9 Å². The van der Waals surface area contributed by atoms with E-state index in [2.05, 4.69) is 28.3 Å². The molecular weight excluding hydrogens is 336 g/mol. The average Bonchev–Trinajstić information content (AvgIpc) is 3.00. The highest BCUT2D eigenvalue weighted by atomic mass is 16.2. The zero-order valence-electron chi connectivity index (χ0n) is 15.7. The topological polar surface area (TPSA) is 58.1 Å². The molecule has 2 heterocycles. The molecule has 27 heavy (non-hydrogen) atoms. The highest BCUT2D eigenvalue weighted by Crippen LogP contribution is 2.33. The van der Waals surface area contributed by atoms with E-state index >= 15 is 0 Å². The molecule has 2 aromatic carbocycles. The summed E-state index contributed by atoms with van der Waals surface area (Å²) in [6, 6.07) is 14.3. The lowest BCUT2D eigenvalue weighted by Crippen LogP contribution is -2.35. The number of benzene rings is 2. The number of anilines is 3. The fraction of sp³-hybridized carbons (Fsp3) is 0.227. The van der Waals surface area contributed by atoms with E-state index in [1.54, 1.807) is 12.4 Å². The van der Waals surface area contributed by atoms with Crippen LogP contribution in [-0.4, -0.2) is 21.9 Å². The van der Waals surface area contributed by atoms with Crippen LogP contribution in [0.15, 0.2) is 54.9 Å². The van der Waals surface area contributed by atoms with Gasteiger partial charge in [0, 0.05) is 29.8 Å². The van der Waals surface area contributed by atoms with Crippen LogP contribution in [-0.2, 0) is 6.42 Å². The molecule has 0 bridgehead atoms. The number of hydrogen-bond acceptors (Lipinski definition) is 4. The number of nitrogens with zero attached hydrogens (tertiary/aromatic N) is 3. The normalized spacial score (nSPS) is 15.5. The first kappa shape index (κ1) is 17.2. The summed E-state index contributed by atoms with van der Waals surface area (Å²) in [4.78, 5) is 23.6. The number of hydrogen-bond donors (Lipinski definition) is 1. The number of carbonyl (C=O) groups excluding carboxylic acids is 1. The molecule has 136 valence electrons. The molecule has 1 aliphatic rings. The Bertz CT molecular complexity index is 977. The Morgan fingerprint density at radius 1 is 1.04 bits per heavy atom. The summed E-state index contributed by atoms with van der Waals surface area (Å²) >= 11 is 0. The van der Waals surface area contributed by atoms with Gasteiger partial charge in [-0.15, -0.1) is 0 Å². The molecular formula is C22H22N4O. The summed E-state index contributed by atoms with van der Waals surface area (Å²) in [7, 11) is 0. The van der Waals surface area contributed by atoms with Crippen molar-refractivity contribution >= 4 is 23.2 Å². The third-order valence-corrected chi connectivity index (χ3v) is 5.04. The van der Waals surface area contributed by atoms with Crippen LogP contribution in [0.2, 0.25) is 0 Å². The van der Waals surface area contributed by atoms with Crippen molar-refractivity contribution in [2.45, 2.75) is 33.2 Å². The van der Waals surface area contributed by atoms with Crippen molar-refractivity contribution in [1.82, 2.24) is 9.97 Å². The Hall–Kier alpha value is -3.21. The van der Waals surface area contributed by atoms with E-state index in [4.69, 9.17) is 0 Å². The molecule has 1 N–H and O–H groups in total. The molecule has 0 radical (unpaired) electrons. The fourth-order valence-corrected chi connectivity index (χ4v) is 3.64. The first-order valence-corrected chi connectivity index (χ1v) is 9.11. The lowest BCUT2D eigenvalue weighted by Gasteiger charge is -2.22. The van der Waals surface area contributed by atoms with E-state index in [1.165, 1.54) is 5.56 Å². The predicted molar refractivity (Wildman–Crippen MR) is 108 cm³/mol. The fourth-order valence-electron chi connectivity index (χ4n) is 3.64. The van der Waals surface area contributed by atoms with Crippen molar-refractivity contribution in [2.24, 2.45) is 0 Å². The van der Waals surface area contributed by atoms with Gasteiger partial charge in [-0.3, -0.25) is 4.79 Å². The summed E-state index contributed by atoms with van der Waals surface area (Å²) < 4.78 is 0. The number of rotatable bonds is 3. The molecule has 0 aliphatic carbocycles. The minimum Gasteiger partial charge on any atom is -0.324 e. The summed E-state index contributed by atoms with van der Waals surface area (Å²) in [5, 5.41) is 3.25. The van der Waals surface area contributed by atoms with Gasteiger partial charge in [0.05, 0.1) is 5.56 Å². The summed E-state index contributed by atoms with van der Waals surface area (Å²) in [5.41, 5.74) is 5.92. The zero-order valence-corrected chi connectivity index (χ0v) is 15.7. The van der Waals surface area contributed by atoms with Gasteiger partial charge in [-0.05, 0) is 49.9 Å². The number of para-hydroxylation sites is 2. The van der Waals surface area contributed by atoms with E-state index in [9.17, 15) is 4.79 Å². The smallest absolute Gasteiger partial charge is 0.261 e. The highest BCUT2D eigenvalue weighted by molar-refractivity contribution is 6.07. The van der Waals surface area contributed by atoms with Gasteiger partial charge in [0.1, 0.15) is 0 Å². The molecule has 1 amide bonds. The van der Waals surface area contributed by atoms with Crippen LogP contribution in [0.1, 0.15) is 34.0 Å². The van der Waals surface area contributed by atoms with Gasteiger partial charge in [0.2, 0.25) is 5.95 Å². The van der Waals surface area contributed by atoms with Gasteiger partial charge in [-0.25, -0.2) is 9.97 Å². The van der Waals surface area contributed by atoms with Gasteiger partial charge >= 0.3 is 0 Å². The summed E-state index contributed by atoms with van der Waals surface area (Å²) in [6.07, 6.45) is 4.06. The van der Waals surface area contributed by atoms with Gasteiger partial charge < -0.3 is 10.2 Å². The second-order valence-corrected chi connectivity index (χ2v) is 7.04. The lowest BCUT2D eigenvalue weighted by atomic mass is 10.1. The molecule has 5 nitrogen and oxygen atoms in total. The van der Waals surface area contributed by atoms with Gasteiger partial charge in [0.15, 0.2) is 0 Å². The molecule has 1 atom stereocenters. The van der Waals surface area contributed by atoms with Crippen LogP contribution in [0.25, 0.3) is 0 Å². The standard InChI is InChI=1S/C22H22N4O/c1-14-7-6-8-15(2)20(14)25-22-23-12-18(13-24-22)21(27)26-16(3)11-17-9-4-5-10-19(17)26/h4-10,12-13,16H,11H2,1-3H3,(H,23,24,25). The molecule has 0 saturated carbocycles. The monoisotopic (exact) mass is 358 g/mol. The molecule has 0 fully saturated rings. The van der Waals surface area contributed by atoms with E-state index in [0.29, 0.717) is 11.5 Å². The third-order valence-electron chi connectivity index (χ3n) is 5.04. The Labute approximate surface area is 159 Å². The Kier molecular flexibility index (Phi) is 4.36. The van der Waals surface area contributed by atoms with Gasteiger partial charge in [-0.2, -0.15) is 0 Å². The van der Waals surface area contributed by atoms with Crippen molar-refractivity contribution in [3.8, 4) is 0 Å². The number of carbonyl (C=O) groups is 1. The third kappa shape index (κ3) is 3.16. The number of fused-ring (bicyclic) bond motifs is 1. The van der Waals surface area contributed by atoms with Gasteiger partial charge in [0.25, 0.3) is 5.91 Å². The SMILES string of the molecule is Cc1cccc(C)c1Nc1ncc(C(=O)N2c3ccccc3CC2C)cn1. The largest absolute Gasteiger partial charge is 0.324 e. The minimum absolute atomic E-state index is 0.0638. The van der Waals surface area contributed by atoms with Crippen LogP contribution in [0, 0.1) is 13.8 Å². The Morgan fingerprint density at radius 3 is 2.41 bits per heavy atom. The predicted octanol–water partition coefficient (Wildman–Crippen LogP) is 4.43. The van der Waals surface area contributed by atoms with Crippen molar-refractivity contribution < 1.29 is 4.79 Å². The van der Waals surface area contributed by atoms with Crippen molar-refractivity contribution in [3.63, 3.8) is 0 Å². The average molecular weight is 358 g/mol. The quantitative estimate of drug-likeness (QED) is 0.752. The van der Waals surface area contributed by atoms with Gasteiger partial charge in [-0.1, -0.05) is 36.4 Å². The van der Waals surface area contributed by atoms with Crippen LogP contribution in [0.4, 0.5) is 17.3 Å². The molecule has 1 aliphatic heterocycles. The van der Waals surface area contributed by atoms with E-state index in [1.807, 2.05) is 55.1 Å². The van der Waals surface area contributed by atoms with Crippen molar-refractivity contribution in [2.75, 3.05) is 10.2 Å². The molecule has 0 spiro atoms. The first-order valence-electron chi connectivity index (χ1n) is 9.11. The Balaban J connectivity index is 1.57. The summed E-state index contributed by atoms with van der Waals surface area (Å²) in [5.74, 6) is 0.421. The van der Waals surface area contributed by atoms with Crippen molar-refractivity contribution in [1.29, 1.82) is 0 Å². The summed E-state index contributed by atoms with van der Waals surface area (Å²) in [6.45, 7) is 6.15. The molecule has 3 aromatic rings. The number of aromatic nitrogens is 2. The Morgan fingerprint density at radius 2 is 1.70 bits per heavy atom. The van der Waals surface area contributed by atoms with Crippen LogP contribution < -0.4 is 10.2 Å². The molecule has 0 saturated heterocycles. The zero-order chi connectivity index (χ0) is 19.0. The number of amides is 1. The van der Waals surface area contributed by atoms with Crippen LogP contribution in [0.3, 0.4) is 0 Å². The van der Waals surface area contributed by atoms with Crippen LogP contribution >= 0.6 is 0 Å². The maximum absolute atomic E-state index is 13.0. The minimum atomic E-state index is -0.0638. The number of aryl methyl sites for hydroxylation is 2. The molecule has 4 rings (SSSR count). The molecule has 1 aromatic heterocycles. The second-order valence-electron chi connectivity index (χ2n) is 7.04. The van der Waals surface area contributed by atoms with Crippen LogP contribution in [0.5, 0.6) is 0 Å². The maximum atomic E-state index is 13.0. The molecule has 5 heteroatoms. The molecule has 1 unspecified atom stereocenters.